The maximum atomic E-state index is 9.88. The summed E-state index contributed by atoms with van der Waals surface area (Å²) >= 11 is 3.06. The van der Waals surface area contributed by atoms with Gasteiger partial charge in [-0.3, -0.25) is 4.79 Å². The summed E-state index contributed by atoms with van der Waals surface area (Å²) in [4.78, 5) is 17.4. The average molecular weight is 202 g/mol. The van der Waals surface area contributed by atoms with Gasteiger partial charge in [0.05, 0.1) is 18.1 Å². The number of carbonyl (C=O) groups is 1. The first-order valence-corrected chi connectivity index (χ1v) is 3.30. The Labute approximate surface area is 65.8 Å². The molecule has 1 amide bonds. The Bertz CT molecular complexity index is 223. The summed E-state index contributed by atoms with van der Waals surface area (Å²) in [6.07, 6.45) is 3.59. The Morgan fingerprint density at radius 3 is 2.60 bits per heavy atom. The molecule has 0 aliphatic rings. The van der Waals surface area contributed by atoms with Gasteiger partial charge in [0.25, 0.3) is 0 Å². The molecule has 0 spiro atoms. The van der Waals surface area contributed by atoms with E-state index >= 15 is 0 Å². The van der Waals surface area contributed by atoms with Crippen LogP contribution in [-0.2, 0) is 4.79 Å². The van der Waals surface area contributed by atoms with Crippen molar-refractivity contribution >= 4 is 28.0 Å². The van der Waals surface area contributed by atoms with Gasteiger partial charge in [-0.05, 0) is 15.9 Å². The number of amides is 1. The fraction of sp³-hybridized carbons (Fsp3) is 0. The number of rotatable bonds is 2. The van der Waals surface area contributed by atoms with Crippen molar-refractivity contribution in [3.63, 3.8) is 0 Å². The third kappa shape index (κ3) is 1.77. The van der Waals surface area contributed by atoms with Crippen molar-refractivity contribution in [2.24, 2.45) is 0 Å². The van der Waals surface area contributed by atoms with E-state index in [-0.39, 0.29) is 0 Å². The van der Waals surface area contributed by atoms with E-state index in [0.29, 0.717) is 16.8 Å². The predicted molar refractivity (Wildman–Crippen MR) is 39.4 cm³/mol. The van der Waals surface area contributed by atoms with Gasteiger partial charge in [0.15, 0.2) is 4.73 Å². The summed E-state index contributed by atoms with van der Waals surface area (Å²) in [6, 6.07) is 0. The molecule has 0 aliphatic carbocycles. The fourth-order valence-electron chi connectivity index (χ4n) is 0.455. The Kier molecular flexibility index (Phi) is 2.33. The van der Waals surface area contributed by atoms with E-state index in [1.807, 2.05) is 0 Å². The lowest BCUT2D eigenvalue weighted by Crippen LogP contribution is -1.94. The summed E-state index contributed by atoms with van der Waals surface area (Å²) in [5.41, 5.74) is 0.582. The molecule has 5 heteroatoms. The predicted octanol–water partition coefficient (Wildman–Crippen LogP) is 0.807. The molecule has 1 rings (SSSR count). The minimum Gasteiger partial charge on any atom is -0.326 e. The topological polar surface area (TPSA) is 54.9 Å². The second kappa shape index (κ2) is 3.26. The van der Waals surface area contributed by atoms with Crippen molar-refractivity contribution in [2.75, 3.05) is 5.32 Å². The number of carbonyl (C=O) groups excluding carboxylic acids is 1. The standard InChI is InChI=1S/C5H4BrN3O/c6-5-7-1-4(2-8-5)9-3-10/h1-3H,(H,9,10). The molecule has 0 bridgehead atoms. The lowest BCUT2D eigenvalue weighted by Gasteiger charge is -1.94. The normalized spacial score (nSPS) is 8.90. The van der Waals surface area contributed by atoms with Gasteiger partial charge in [-0.25, -0.2) is 9.97 Å². The summed E-state index contributed by atoms with van der Waals surface area (Å²) < 4.78 is 0.504. The lowest BCUT2D eigenvalue weighted by atomic mass is 10.5. The summed E-state index contributed by atoms with van der Waals surface area (Å²) in [5.74, 6) is 0. The zero-order valence-electron chi connectivity index (χ0n) is 4.91. The minimum absolute atomic E-state index is 0.504. The smallest absolute Gasteiger partial charge is 0.211 e. The molecule has 1 N–H and O–H groups in total. The van der Waals surface area contributed by atoms with E-state index < -0.39 is 0 Å². The van der Waals surface area contributed by atoms with E-state index in [2.05, 4.69) is 31.2 Å². The minimum atomic E-state index is 0.504. The van der Waals surface area contributed by atoms with Crippen molar-refractivity contribution < 1.29 is 4.79 Å². The largest absolute Gasteiger partial charge is 0.326 e. The van der Waals surface area contributed by atoms with Crippen LogP contribution in [0.1, 0.15) is 0 Å². The number of nitrogens with zero attached hydrogens (tertiary/aromatic N) is 2. The SMILES string of the molecule is O=CNc1cnc(Br)nc1. The third-order valence-electron chi connectivity index (χ3n) is 0.846. The third-order valence-corrected chi connectivity index (χ3v) is 1.26. The first kappa shape index (κ1) is 7.14. The van der Waals surface area contributed by atoms with E-state index in [1.165, 1.54) is 12.4 Å². The maximum Gasteiger partial charge on any atom is 0.211 e. The van der Waals surface area contributed by atoms with Crippen LogP contribution in [0, 0.1) is 0 Å². The molecule has 0 radical (unpaired) electrons. The number of nitrogens with one attached hydrogen (secondary N) is 1. The van der Waals surface area contributed by atoms with Gasteiger partial charge in [0.2, 0.25) is 6.41 Å². The Hall–Kier alpha value is -0.970. The molecule has 52 valence electrons. The molecule has 10 heavy (non-hydrogen) atoms. The molecule has 0 saturated heterocycles. The molecule has 0 fully saturated rings. The van der Waals surface area contributed by atoms with E-state index in [0.717, 1.165) is 0 Å². The maximum absolute atomic E-state index is 9.88. The zero-order valence-corrected chi connectivity index (χ0v) is 6.50. The van der Waals surface area contributed by atoms with Crippen LogP contribution in [0.3, 0.4) is 0 Å². The number of anilines is 1. The van der Waals surface area contributed by atoms with Crippen LogP contribution in [0.5, 0.6) is 0 Å². The second-order valence-corrected chi connectivity index (χ2v) is 2.21. The number of hydrogen-bond acceptors (Lipinski definition) is 3. The molecule has 0 saturated carbocycles. The Morgan fingerprint density at radius 1 is 1.50 bits per heavy atom. The molecular weight excluding hydrogens is 198 g/mol. The van der Waals surface area contributed by atoms with Crippen LogP contribution in [0.25, 0.3) is 0 Å². The van der Waals surface area contributed by atoms with Crippen LogP contribution in [0.4, 0.5) is 5.69 Å². The number of halogens is 1. The van der Waals surface area contributed by atoms with Crippen molar-refractivity contribution in [1.29, 1.82) is 0 Å². The summed E-state index contributed by atoms with van der Waals surface area (Å²) in [5, 5.41) is 2.41. The zero-order chi connectivity index (χ0) is 7.40. The quantitative estimate of drug-likeness (QED) is 0.570. The number of aromatic nitrogens is 2. The molecule has 1 aromatic rings. The van der Waals surface area contributed by atoms with Crippen LogP contribution in [0.15, 0.2) is 17.1 Å². The Balaban J connectivity index is 2.78. The molecule has 0 aliphatic heterocycles. The number of hydrogen-bond donors (Lipinski definition) is 1. The highest BCUT2D eigenvalue weighted by molar-refractivity contribution is 9.10. The van der Waals surface area contributed by atoms with Crippen molar-refractivity contribution in [3.8, 4) is 0 Å². The van der Waals surface area contributed by atoms with Crippen LogP contribution in [-0.4, -0.2) is 16.4 Å². The van der Waals surface area contributed by atoms with E-state index in [1.54, 1.807) is 0 Å². The first-order valence-electron chi connectivity index (χ1n) is 2.50. The molecule has 0 unspecified atom stereocenters. The highest BCUT2D eigenvalue weighted by Gasteiger charge is 1.90. The second-order valence-electron chi connectivity index (χ2n) is 1.50. The van der Waals surface area contributed by atoms with Crippen LogP contribution >= 0.6 is 15.9 Å². The summed E-state index contributed by atoms with van der Waals surface area (Å²) in [7, 11) is 0. The van der Waals surface area contributed by atoms with E-state index in [9.17, 15) is 4.79 Å². The fourth-order valence-corrected chi connectivity index (χ4v) is 0.660. The van der Waals surface area contributed by atoms with E-state index in [4.69, 9.17) is 0 Å². The molecule has 0 atom stereocenters. The van der Waals surface area contributed by atoms with Crippen LogP contribution < -0.4 is 5.32 Å². The van der Waals surface area contributed by atoms with Gasteiger partial charge < -0.3 is 5.32 Å². The highest BCUT2D eigenvalue weighted by Crippen LogP contribution is 2.04. The monoisotopic (exact) mass is 201 g/mol. The lowest BCUT2D eigenvalue weighted by molar-refractivity contribution is -0.105. The van der Waals surface area contributed by atoms with Gasteiger partial charge in [0, 0.05) is 0 Å². The molecule has 1 heterocycles. The molecule has 0 aromatic carbocycles. The van der Waals surface area contributed by atoms with Gasteiger partial charge in [0.1, 0.15) is 0 Å². The van der Waals surface area contributed by atoms with Gasteiger partial charge in [-0.1, -0.05) is 0 Å². The van der Waals surface area contributed by atoms with Gasteiger partial charge >= 0.3 is 0 Å². The molecular formula is C5H4BrN3O. The van der Waals surface area contributed by atoms with Gasteiger partial charge in [-0.15, -0.1) is 0 Å². The first-order chi connectivity index (χ1) is 4.83. The van der Waals surface area contributed by atoms with Crippen molar-refractivity contribution in [3.05, 3.63) is 17.1 Å². The van der Waals surface area contributed by atoms with Crippen molar-refractivity contribution in [1.82, 2.24) is 9.97 Å². The van der Waals surface area contributed by atoms with Crippen molar-refractivity contribution in [2.45, 2.75) is 0 Å². The molecule has 1 aromatic heterocycles. The van der Waals surface area contributed by atoms with Crippen LogP contribution in [0.2, 0.25) is 0 Å². The molecule has 4 nitrogen and oxygen atoms in total. The average Bonchev–Trinajstić information content (AvgIpc) is 1.95. The van der Waals surface area contributed by atoms with Gasteiger partial charge in [-0.2, -0.15) is 0 Å². The Morgan fingerprint density at radius 2 is 2.10 bits per heavy atom. The highest BCUT2D eigenvalue weighted by atomic mass is 79.9. The summed E-state index contributed by atoms with van der Waals surface area (Å²) in [6.45, 7) is 0.